The minimum Gasteiger partial charge on any atom is -0.345 e. The monoisotopic (exact) mass is 387 g/mol. The molecule has 0 radical (unpaired) electrons. The zero-order chi connectivity index (χ0) is 19.6. The molecule has 9 heteroatoms. The van der Waals surface area contributed by atoms with Gasteiger partial charge in [-0.05, 0) is 36.6 Å². The molecule has 1 aromatic rings. The Hall–Kier alpha value is -2.13. The van der Waals surface area contributed by atoms with Gasteiger partial charge in [-0.2, -0.15) is 13.2 Å². The lowest BCUT2D eigenvalue weighted by Gasteiger charge is -2.21. The van der Waals surface area contributed by atoms with Crippen LogP contribution in [0.15, 0.2) is 29.2 Å². The first kappa shape index (κ1) is 20.2. The van der Waals surface area contributed by atoms with Crippen molar-refractivity contribution in [1.82, 2.24) is 4.90 Å². The van der Waals surface area contributed by atoms with Crippen LogP contribution < -0.4 is 11.1 Å². The smallest absolute Gasteiger partial charge is 0.345 e. The summed E-state index contributed by atoms with van der Waals surface area (Å²) in [6.07, 6.45) is -3.01. The van der Waals surface area contributed by atoms with E-state index in [0.29, 0.717) is 10.7 Å². The third-order valence-corrected chi connectivity index (χ3v) is 5.74. The van der Waals surface area contributed by atoms with E-state index in [9.17, 15) is 22.8 Å². The van der Waals surface area contributed by atoms with Gasteiger partial charge in [0.05, 0.1) is 10.5 Å². The third kappa shape index (κ3) is 4.73. The van der Waals surface area contributed by atoms with Crippen molar-refractivity contribution in [3.63, 3.8) is 0 Å². The molecule has 26 heavy (non-hydrogen) atoms. The summed E-state index contributed by atoms with van der Waals surface area (Å²) >= 11 is 0. The topological polar surface area (TPSA) is 75.4 Å². The Bertz CT molecular complexity index is 799. The van der Waals surface area contributed by atoms with Crippen molar-refractivity contribution in [3.8, 4) is 0 Å². The molecular formula is C17H20F3N3O2S. The summed E-state index contributed by atoms with van der Waals surface area (Å²) in [5.41, 5.74) is 4.51. The Labute approximate surface area is 152 Å². The highest BCUT2D eigenvalue weighted by atomic mass is 32.2. The van der Waals surface area contributed by atoms with Crippen molar-refractivity contribution in [2.24, 2.45) is 5.73 Å². The van der Waals surface area contributed by atoms with Gasteiger partial charge in [-0.25, -0.2) is 0 Å². The number of nitrogens with zero attached hydrogens (tertiary/aromatic N) is 1. The molecule has 142 valence electrons. The molecule has 3 N–H and O–H groups in total. The van der Waals surface area contributed by atoms with Gasteiger partial charge in [0.1, 0.15) is 0 Å². The van der Waals surface area contributed by atoms with Crippen LogP contribution in [0.4, 0.5) is 18.9 Å². The number of nitrogens with two attached hydrogens (primary N) is 1. The van der Waals surface area contributed by atoms with Crippen molar-refractivity contribution in [1.29, 1.82) is 0 Å². The molecule has 0 fully saturated rings. The summed E-state index contributed by atoms with van der Waals surface area (Å²) in [6, 6.07) is 2.73. The van der Waals surface area contributed by atoms with Gasteiger partial charge in [0.15, 0.2) is 0 Å². The molecule has 2 atom stereocenters. The number of hydrogen-bond acceptors (Lipinski definition) is 3. The van der Waals surface area contributed by atoms with E-state index in [-0.39, 0.29) is 17.3 Å². The highest BCUT2D eigenvalue weighted by molar-refractivity contribution is 8.20. The summed E-state index contributed by atoms with van der Waals surface area (Å²) in [7, 11) is 2.47. The molecule has 0 aliphatic carbocycles. The fourth-order valence-electron chi connectivity index (χ4n) is 2.29. The first-order valence-electron chi connectivity index (χ1n) is 7.74. The van der Waals surface area contributed by atoms with Gasteiger partial charge >= 0.3 is 6.18 Å². The highest BCUT2D eigenvalue weighted by Gasteiger charge is 2.32. The third-order valence-electron chi connectivity index (χ3n) is 3.50. The van der Waals surface area contributed by atoms with E-state index in [1.54, 1.807) is 6.08 Å². The number of carbonyl (C=O) groups excluding carboxylic acids is 2. The molecule has 0 spiro atoms. The predicted molar refractivity (Wildman–Crippen MR) is 98.3 cm³/mol. The minimum absolute atomic E-state index is 0.0767. The predicted octanol–water partition coefficient (Wildman–Crippen LogP) is 2.66. The Morgan fingerprint density at radius 2 is 1.92 bits per heavy atom. The summed E-state index contributed by atoms with van der Waals surface area (Å²) in [5.74, 6) is -0.467. The van der Waals surface area contributed by atoms with Gasteiger partial charge in [0.25, 0.3) is 11.8 Å². The molecular weight excluding hydrogens is 367 g/mol. The van der Waals surface area contributed by atoms with E-state index in [4.69, 9.17) is 5.73 Å². The molecule has 0 aromatic heterocycles. The first-order valence-corrected chi connectivity index (χ1v) is 9.20. The second-order valence-corrected chi connectivity index (χ2v) is 8.09. The van der Waals surface area contributed by atoms with Crippen LogP contribution >= 0.6 is 10.5 Å². The zero-order valence-electron chi connectivity index (χ0n) is 14.6. The molecule has 1 aliphatic rings. The van der Waals surface area contributed by atoms with Crippen molar-refractivity contribution < 1.29 is 22.8 Å². The maximum atomic E-state index is 13.1. The van der Waals surface area contributed by atoms with Crippen LogP contribution in [-0.2, 0) is 11.0 Å². The number of alkyl halides is 3. The molecule has 2 amide bonds. The number of nitrogens with one attached hydrogen (secondary N) is 1. The lowest BCUT2D eigenvalue weighted by molar-refractivity contribution is -0.137. The molecule has 1 heterocycles. The van der Waals surface area contributed by atoms with Crippen LogP contribution in [0.25, 0.3) is 0 Å². The largest absolute Gasteiger partial charge is 0.416 e. The molecule has 2 unspecified atom stereocenters. The second kappa shape index (κ2) is 7.63. The molecule has 0 saturated carbocycles. The van der Waals surface area contributed by atoms with Gasteiger partial charge in [-0.1, -0.05) is 0 Å². The van der Waals surface area contributed by atoms with Crippen LogP contribution in [-0.4, -0.2) is 48.0 Å². The fraction of sp³-hybridized carbons (Fsp3) is 0.353. The van der Waals surface area contributed by atoms with Gasteiger partial charge in [-0.3, -0.25) is 9.59 Å². The van der Waals surface area contributed by atoms with Gasteiger partial charge in [0.2, 0.25) is 0 Å². The summed E-state index contributed by atoms with van der Waals surface area (Å²) < 4.78 is 39.4. The molecule has 1 aliphatic heterocycles. The number of anilines is 1. The molecule has 1 aromatic carbocycles. The number of allylic oxidation sites excluding steroid dienone is 1. The molecule has 2 rings (SSSR count). The number of benzene rings is 1. The summed E-state index contributed by atoms with van der Waals surface area (Å²) in [4.78, 5) is 26.1. The van der Waals surface area contributed by atoms with E-state index < -0.39 is 34.0 Å². The average molecular weight is 387 g/mol. The lowest BCUT2D eigenvalue weighted by Crippen LogP contribution is -2.25. The van der Waals surface area contributed by atoms with Crippen LogP contribution in [0.3, 0.4) is 0 Å². The van der Waals surface area contributed by atoms with Crippen LogP contribution in [0.2, 0.25) is 0 Å². The van der Waals surface area contributed by atoms with Crippen molar-refractivity contribution in [2.45, 2.75) is 19.1 Å². The number of rotatable bonds is 5. The fourth-order valence-corrected chi connectivity index (χ4v) is 3.90. The van der Waals surface area contributed by atoms with Crippen molar-refractivity contribution in [2.75, 3.05) is 25.2 Å². The van der Waals surface area contributed by atoms with E-state index >= 15 is 0 Å². The Kier molecular flexibility index (Phi) is 5.92. The number of halogens is 3. The van der Waals surface area contributed by atoms with Gasteiger partial charge in [0, 0.05) is 37.1 Å². The molecule has 0 bridgehead atoms. The van der Waals surface area contributed by atoms with Crippen LogP contribution in [0.5, 0.6) is 0 Å². The summed E-state index contributed by atoms with van der Waals surface area (Å²) in [6.45, 7) is 1.82. The molecule has 5 nitrogen and oxygen atoms in total. The van der Waals surface area contributed by atoms with E-state index in [2.05, 4.69) is 5.32 Å². The maximum Gasteiger partial charge on any atom is 0.416 e. The summed E-state index contributed by atoms with van der Waals surface area (Å²) in [5, 5.41) is 4.31. The quantitative estimate of drug-likeness (QED) is 0.763. The van der Waals surface area contributed by atoms with Crippen molar-refractivity contribution >= 4 is 33.4 Å². The van der Waals surface area contributed by atoms with E-state index in [1.165, 1.54) is 25.1 Å². The SMILES string of the molecule is CC(N)CS1=CC=C1C(=O)Nc1cc(C(=O)N(C)C)cc(C(F)(F)F)c1. The Balaban J connectivity index is 2.27. The molecule has 0 saturated heterocycles. The first-order chi connectivity index (χ1) is 12.0. The lowest BCUT2D eigenvalue weighted by atomic mass is 10.1. The number of carbonyl (C=O) groups is 2. The maximum absolute atomic E-state index is 13.1. The minimum atomic E-state index is -4.63. The normalized spacial score (nSPS) is 17.5. The average Bonchev–Trinajstić information content (AvgIpc) is 2.49. The van der Waals surface area contributed by atoms with Crippen LogP contribution in [0, 0.1) is 0 Å². The van der Waals surface area contributed by atoms with Gasteiger partial charge < -0.3 is 16.0 Å². The van der Waals surface area contributed by atoms with E-state index in [0.717, 1.165) is 12.1 Å². The van der Waals surface area contributed by atoms with Crippen molar-refractivity contribution in [3.05, 3.63) is 40.3 Å². The van der Waals surface area contributed by atoms with Crippen LogP contribution in [0.1, 0.15) is 22.8 Å². The van der Waals surface area contributed by atoms with E-state index in [1.807, 2.05) is 12.3 Å². The Morgan fingerprint density at radius 3 is 2.38 bits per heavy atom. The van der Waals surface area contributed by atoms with Gasteiger partial charge in [-0.15, -0.1) is 10.5 Å². The number of hydrogen-bond donors (Lipinski definition) is 2. The standard InChI is InChI=1S/C17H20F3N3O2S/c1-10(21)9-26-5-4-14(26)15(24)22-13-7-11(16(25)23(2)3)6-12(8-13)17(18,19)20/h4-8,10H,9,21H2,1-3H3,(H,22,24). The number of amides is 2. The Morgan fingerprint density at radius 1 is 1.27 bits per heavy atom. The second-order valence-electron chi connectivity index (χ2n) is 6.19. The zero-order valence-corrected chi connectivity index (χ0v) is 15.4. The highest BCUT2D eigenvalue weighted by Crippen LogP contribution is 2.35.